The highest BCUT2D eigenvalue weighted by Gasteiger charge is 2.35. The van der Waals surface area contributed by atoms with E-state index in [1.54, 1.807) is 24.3 Å². The van der Waals surface area contributed by atoms with Gasteiger partial charge in [0, 0.05) is 13.1 Å². The summed E-state index contributed by atoms with van der Waals surface area (Å²) in [7, 11) is 1.24. The zero-order valence-corrected chi connectivity index (χ0v) is 14.3. The number of amides is 2. The van der Waals surface area contributed by atoms with Crippen LogP contribution in [0.15, 0.2) is 24.3 Å². The molecule has 2 rings (SSSR count). The number of methoxy groups -OCH3 is 1. The van der Waals surface area contributed by atoms with Crippen molar-refractivity contribution in [3.8, 4) is 11.5 Å². The van der Waals surface area contributed by atoms with Crippen molar-refractivity contribution in [3.05, 3.63) is 24.3 Å². The number of benzene rings is 1. The molecular formula is C17H22N2O6. The fourth-order valence-electron chi connectivity index (χ4n) is 2.48. The fourth-order valence-corrected chi connectivity index (χ4v) is 2.48. The van der Waals surface area contributed by atoms with Crippen molar-refractivity contribution in [2.75, 3.05) is 33.4 Å². The molecule has 1 aliphatic rings. The number of nitrogens with zero attached hydrogens (tertiary/aromatic N) is 1. The van der Waals surface area contributed by atoms with Crippen LogP contribution in [0, 0.1) is 0 Å². The maximum absolute atomic E-state index is 12.4. The summed E-state index contributed by atoms with van der Waals surface area (Å²) in [6.07, 6.45) is -0.183. The molecule has 8 heteroatoms. The number of nitrogens with one attached hydrogen (secondary N) is 1. The molecule has 1 aromatic rings. The third kappa shape index (κ3) is 5.10. The number of esters is 1. The molecule has 0 radical (unpaired) electrons. The second kappa shape index (κ2) is 8.91. The Morgan fingerprint density at radius 2 is 1.84 bits per heavy atom. The average molecular weight is 350 g/mol. The Balaban J connectivity index is 1.95. The van der Waals surface area contributed by atoms with Gasteiger partial charge >= 0.3 is 5.97 Å². The summed E-state index contributed by atoms with van der Waals surface area (Å²) in [6, 6.07) is 6.02. The molecule has 2 amide bonds. The largest absolute Gasteiger partial charge is 0.494 e. The minimum Gasteiger partial charge on any atom is -0.494 e. The van der Waals surface area contributed by atoms with Gasteiger partial charge in [0.15, 0.2) is 6.61 Å². The van der Waals surface area contributed by atoms with E-state index in [1.807, 2.05) is 6.92 Å². The zero-order chi connectivity index (χ0) is 18.2. The molecular weight excluding hydrogens is 328 g/mol. The summed E-state index contributed by atoms with van der Waals surface area (Å²) in [6.45, 7) is 2.89. The highest BCUT2D eigenvalue weighted by atomic mass is 16.5. The lowest BCUT2D eigenvalue weighted by atomic mass is 10.1. The molecule has 0 bridgehead atoms. The second-order valence-corrected chi connectivity index (χ2v) is 5.37. The van der Waals surface area contributed by atoms with E-state index in [-0.39, 0.29) is 24.8 Å². The number of ether oxygens (including phenoxy) is 3. The summed E-state index contributed by atoms with van der Waals surface area (Å²) in [5.74, 6) is -0.0502. The van der Waals surface area contributed by atoms with E-state index < -0.39 is 12.0 Å². The molecule has 1 N–H and O–H groups in total. The van der Waals surface area contributed by atoms with E-state index in [1.165, 1.54) is 12.0 Å². The van der Waals surface area contributed by atoms with Gasteiger partial charge in [-0.25, -0.2) is 0 Å². The maximum atomic E-state index is 12.4. The Hall–Kier alpha value is -2.77. The summed E-state index contributed by atoms with van der Waals surface area (Å²) >= 11 is 0. The summed E-state index contributed by atoms with van der Waals surface area (Å²) < 4.78 is 15.4. The standard InChI is InChI=1S/C17H22N2O6/c1-3-24-12-4-6-13(7-5-12)25-11-15(20)19-9-8-18-17(22)14(19)10-16(21)23-2/h4-7,14H,3,8-11H2,1-2H3,(H,18,22)/t14-/m1/s1. The number of carbonyl (C=O) groups is 3. The number of hydrogen-bond donors (Lipinski definition) is 1. The van der Waals surface area contributed by atoms with Crippen LogP contribution in [-0.4, -0.2) is 62.1 Å². The SMILES string of the molecule is CCOc1ccc(OCC(=O)N2CCNC(=O)[C@H]2CC(=O)OC)cc1. The lowest BCUT2D eigenvalue weighted by Crippen LogP contribution is -2.58. The van der Waals surface area contributed by atoms with Crippen LogP contribution in [0.1, 0.15) is 13.3 Å². The smallest absolute Gasteiger partial charge is 0.308 e. The molecule has 1 heterocycles. The van der Waals surface area contributed by atoms with Gasteiger partial charge in [-0.1, -0.05) is 0 Å². The third-order valence-corrected chi connectivity index (χ3v) is 3.74. The first-order valence-corrected chi connectivity index (χ1v) is 8.04. The molecule has 0 aliphatic carbocycles. The lowest BCUT2D eigenvalue weighted by Gasteiger charge is -2.34. The van der Waals surface area contributed by atoms with E-state index in [0.29, 0.717) is 31.2 Å². The molecule has 1 saturated heterocycles. The van der Waals surface area contributed by atoms with Crippen LogP contribution in [-0.2, 0) is 19.1 Å². The molecule has 8 nitrogen and oxygen atoms in total. The first kappa shape index (κ1) is 18.6. The minimum absolute atomic E-state index is 0.183. The van der Waals surface area contributed by atoms with Crippen LogP contribution < -0.4 is 14.8 Å². The maximum Gasteiger partial charge on any atom is 0.308 e. The molecule has 0 spiro atoms. The van der Waals surface area contributed by atoms with Crippen molar-refractivity contribution in [3.63, 3.8) is 0 Å². The van der Waals surface area contributed by atoms with Gasteiger partial charge in [-0.3, -0.25) is 14.4 Å². The van der Waals surface area contributed by atoms with E-state index in [0.717, 1.165) is 0 Å². The van der Waals surface area contributed by atoms with Crippen molar-refractivity contribution in [1.82, 2.24) is 10.2 Å². The highest BCUT2D eigenvalue weighted by Crippen LogP contribution is 2.18. The van der Waals surface area contributed by atoms with Gasteiger partial charge in [0.1, 0.15) is 17.5 Å². The van der Waals surface area contributed by atoms with E-state index in [9.17, 15) is 14.4 Å². The van der Waals surface area contributed by atoms with Gasteiger partial charge in [0.05, 0.1) is 20.1 Å². The molecule has 1 aromatic carbocycles. The normalized spacial score (nSPS) is 16.8. The van der Waals surface area contributed by atoms with Gasteiger partial charge < -0.3 is 24.4 Å². The predicted molar refractivity (Wildman–Crippen MR) is 88.2 cm³/mol. The second-order valence-electron chi connectivity index (χ2n) is 5.37. The Kier molecular flexibility index (Phi) is 6.62. The van der Waals surface area contributed by atoms with Crippen LogP contribution in [0.4, 0.5) is 0 Å². The molecule has 1 atom stereocenters. The Morgan fingerprint density at radius 1 is 1.20 bits per heavy atom. The van der Waals surface area contributed by atoms with Crippen molar-refractivity contribution in [2.24, 2.45) is 0 Å². The van der Waals surface area contributed by atoms with Crippen LogP contribution in [0.2, 0.25) is 0 Å². The van der Waals surface area contributed by atoms with Crippen LogP contribution >= 0.6 is 0 Å². The van der Waals surface area contributed by atoms with Gasteiger partial charge in [-0.2, -0.15) is 0 Å². The van der Waals surface area contributed by atoms with Crippen LogP contribution in [0.25, 0.3) is 0 Å². The monoisotopic (exact) mass is 350 g/mol. The number of hydrogen-bond acceptors (Lipinski definition) is 6. The van der Waals surface area contributed by atoms with Gasteiger partial charge in [-0.05, 0) is 31.2 Å². The number of rotatable bonds is 7. The van der Waals surface area contributed by atoms with Gasteiger partial charge in [0.2, 0.25) is 5.91 Å². The highest BCUT2D eigenvalue weighted by molar-refractivity contribution is 5.92. The minimum atomic E-state index is -0.877. The van der Waals surface area contributed by atoms with Gasteiger partial charge in [-0.15, -0.1) is 0 Å². The molecule has 0 saturated carbocycles. The fraction of sp³-hybridized carbons (Fsp3) is 0.471. The van der Waals surface area contributed by atoms with E-state index in [4.69, 9.17) is 9.47 Å². The molecule has 1 fully saturated rings. The predicted octanol–water partition coefficient (Wildman–Crippen LogP) is 0.354. The first-order chi connectivity index (χ1) is 12.0. The van der Waals surface area contributed by atoms with Crippen LogP contribution in [0.5, 0.6) is 11.5 Å². The average Bonchev–Trinajstić information content (AvgIpc) is 2.62. The molecule has 25 heavy (non-hydrogen) atoms. The topological polar surface area (TPSA) is 94.2 Å². The first-order valence-electron chi connectivity index (χ1n) is 8.04. The molecule has 1 aliphatic heterocycles. The van der Waals surface area contributed by atoms with Gasteiger partial charge in [0.25, 0.3) is 5.91 Å². The molecule has 0 unspecified atom stereocenters. The third-order valence-electron chi connectivity index (χ3n) is 3.74. The Labute approximate surface area is 146 Å². The molecule has 136 valence electrons. The summed E-state index contributed by atoms with van der Waals surface area (Å²) in [4.78, 5) is 37.2. The number of carbonyl (C=O) groups excluding carboxylic acids is 3. The summed E-state index contributed by atoms with van der Waals surface area (Å²) in [5.41, 5.74) is 0. The van der Waals surface area contributed by atoms with E-state index >= 15 is 0 Å². The Bertz CT molecular complexity index is 616. The zero-order valence-electron chi connectivity index (χ0n) is 14.3. The van der Waals surface area contributed by atoms with Crippen molar-refractivity contribution < 1.29 is 28.6 Å². The molecule has 0 aromatic heterocycles. The quantitative estimate of drug-likeness (QED) is 0.714. The van der Waals surface area contributed by atoms with Crippen LogP contribution in [0.3, 0.4) is 0 Å². The summed E-state index contributed by atoms with van der Waals surface area (Å²) in [5, 5.41) is 2.64. The lowest BCUT2D eigenvalue weighted by molar-refractivity contribution is -0.151. The van der Waals surface area contributed by atoms with Crippen molar-refractivity contribution in [2.45, 2.75) is 19.4 Å². The Morgan fingerprint density at radius 3 is 2.44 bits per heavy atom. The van der Waals surface area contributed by atoms with E-state index in [2.05, 4.69) is 10.1 Å². The van der Waals surface area contributed by atoms with Crippen molar-refractivity contribution in [1.29, 1.82) is 0 Å². The van der Waals surface area contributed by atoms with Crippen molar-refractivity contribution >= 4 is 17.8 Å². The number of piperazine rings is 1.